The topological polar surface area (TPSA) is 29.3 Å². The van der Waals surface area contributed by atoms with E-state index in [2.05, 4.69) is 34.7 Å². The number of halogens is 3. The Bertz CT molecular complexity index is 161. The summed E-state index contributed by atoms with van der Waals surface area (Å²) in [5.74, 6) is 0.768. The van der Waals surface area contributed by atoms with Gasteiger partial charge in [-0.1, -0.05) is 29.8 Å². The zero-order valence-corrected chi connectivity index (χ0v) is 14.6. The van der Waals surface area contributed by atoms with E-state index in [-0.39, 0.29) is 34.0 Å². The highest BCUT2D eigenvalue weighted by molar-refractivity contribution is 9.09. The zero-order chi connectivity index (χ0) is 9.90. The fourth-order valence-electron chi connectivity index (χ4n) is 2.03. The van der Waals surface area contributed by atoms with Crippen molar-refractivity contribution in [2.75, 3.05) is 31.5 Å². The minimum atomic E-state index is 0. The van der Waals surface area contributed by atoms with Crippen LogP contribution in [-0.2, 0) is 0 Å². The van der Waals surface area contributed by atoms with Gasteiger partial charge in [-0.15, -0.1) is 34.0 Å². The average molecular weight is 411 g/mol. The van der Waals surface area contributed by atoms with Gasteiger partial charge in [-0.3, -0.25) is 0 Å². The van der Waals surface area contributed by atoms with Crippen LogP contribution >= 0.6 is 49.9 Å². The van der Waals surface area contributed by atoms with Crippen LogP contribution in [0.3, 0.4) is 0 Å². The molecule has 2 N–H and O–H groups in total. The number of nitrogens with zero attached hydrogens (tertiary/aromatic N) is 1. The van der Waals surface area contributed by atoms with Crippen LogP contribution in [0.4, 0.5) is 0 Å². The van der Waals surface area contributed by atoms with Crippen LogP contribution in [0.1, 0.15) is 20.3 Å². The Labute approximate surface area is 123 Å². The fourth-order valence-corrected chi connectivity index (χ4v) is 2.72. The lowest BCUT2D eigenvalue weighted by Crippen LogP contribution is -2.36. The monoisotopic (exact) mass is 408 g/mol. The summed E-state index contributed by atoms with van der Waals surface area (Å²) in [6.07, 6.45) is 1.25. The highest BCUT2D eigenvalue weighted by atomic mass is 79.9. The van der Waals surface area contributed by atoms with Crippen LogP contribution in [0.15, 0.2) is 0 Å². The molecule has 1 fully saturated rings. The van der Waals surface area contributed by atoms with E-state index in [0.29, 0.717) is 5.41 Å². The molecule has 0 radical (unpaired) electrons. The van der Waals surface area contributed by atoms with Gasteiger partial charge >= 0.3 is 0 Å². The predicted octanol–water partition coefficient (Wildman–Crippen LogP) is 2.84. The molecule has 0 aromatic rings. The van der Waals surface area contributed by atoms with Gasteiger partial charge in [0.05, 0.1) is 0 Å². The summed E-state index contributed by atoms with van der Waals surface area (Å²) in [4.78, 5) is 2.54. The number of nitrogens with two attached hydrogens (primary N) is 1. The molecule has 5 heteroatoms. The SMILES string of the molecule is Br.Br.CC(C)CN1CCC(CN)(CBr)C1. The standard InChI is InChI=1S/C10H21BrN2.2BrH/c1-9(2)5-13-4-3-10(6-11,7-12)8-13;;/h9H,3-8,12H2,1-2H3;2*1H. The van der Waals surface area contributed by atoms with Crippen LogP contribution in [0, 0.1) is 11.3 Å². The molecule has 2 nitrogen and oxygen atoms in total. The molecule has 15 heavy (non-hydrogen) atoms. The molecule has 1 aliphatic rings. The largest absolute Gasteiger partial charge is 0.330 e. The molecule has 1 atom stereocenters. The molecule has 0 spiro atoms. The first kappa shape index (κ1) is 18.7. The average Bonchev–Trinajstić information content (AvgIpc) is 2.48. The van der Waals surface area contributed by atoms with Gasteiger partial charge in [-0.25, -0.2) is 0 Å². The molecule has 1 unspecified atom stereocenters. The van der Waals surface area contributed by atoms with Crippen LogP contribution in [-0.4, -0.2) is 36.4 Å². The Hall–Kier alpha value is 1.36. The predicted molar refractivity (Wildman–Crippen MR) is 81.8 cm³/mol. The summed E-state index contributed by atoms with van der Waals surface area (Å²) in [7, 11) is 0. The summed E-state index contributed by atoms with van der Waals surface area (Å²) in [5.41, 5.74) is 6.17. The summed E-state index contributed by atoms with van der Waals surface area (Å²) in [6, 6.07) is 0. The molecular formula is C10H23Br3N2. The van der Waals surface area contributed by atoms with Gasteiger partial charge in [0.1, 0.15) is 0 Å². The maximum absolute atomic E-state index is 5.82. The van der Waals surface area contributed by atoms with Crippen LogP contribution in [0.5, 0.6) is 0 Å². The molecule has 0 aromatic carbocycles. The minimum Gasteiger partial charge on any atom is -0.330 e. The Kier molecular flexibility index (Phi) is 10.5. The van der Waals surface area contributed by atoms with Crippen molar-refractivity contribution in [1.82, 2.24) is 4.90 Å². The quantitative estimate of drug-likeness (QED) is 0.722. The van der Waals surface area contributed by atoms with Crippen LogP contribution < -0.4 is 5.73 Å². The van der Waals surface area contributed by atoms with E-state index in [4.69, 9.17) is 5.73 Å². The van der Waals surface area contributed by atoms with Crippen LogP contribution in [0.2, 0.25) is 0 Å². The maximum atomic E-state index is 5.82. The van der Waals surface area contributed by atoms with E-state index in [9.17, 15) is 0 Å². The van der Waals surface area contributed by atoms with Crippen molar-refractivity contribution in [2.24, 2.45) is 17.1 Å². The minimum absolute atomic E-state index is 0. The highest BCUT2D eigenvalue weighted by Crippen LogP contribution is 2.31. The molecule has 1 rings (SSSR count). The maximum Gasteiger partial charge on any atom is 0.0113 e. The second kappa shape index (κ2) is 8.45. The summed E-state index contributed by atoms with van der Waals surface area (Å²) < 4.78 is 0. The van der Waals surface area contributed by atoms with Crippen LogP contribution in [0.25, 0.3) is 0 Å². The fraction of sp³-hybridized carbons (Fsp3) is 1.00. The Morgan fingerprint density at radius 2 is 2.00 bits per heavy atom. The molecule has 0 bridgehead atoms. The molecular weight excluding hydrogens is 388 g/mol. The number of rotatable bonds is 4. The number of hydrogen-bond donors (Lipinski definition) is 1. The third-order valence-electron chi connectivity index (χ3n) is 2.86. The van der Waals surface area contributed by atoms with E-state index >= 15 is 0 Å². The second-order valence-electron chi connectivity index (χ2n) is 4.72. The van der Waals surface area contributed by atoms with E-state index in [1.54, 1.807) is 0 Å². The zero-order valence-electron chi connectivity index (χ0n) is 9.54. The third-order valence-corrected chi connectivity index (χ3v) is 4.05. The van der Waals surface area contributed by atoms with Gasteiger partial charge < -0.3 is 10.6 Å². The molecule has 1 aliphatic heterocycles. The molecule has 1 saturated heterocycles. The van der Waals surface area contributed by atoms with Gasteiger partial charge in [0.25, 0.3) is 0 Å². The van der Waals surface area contributed by atoms with Gasteiger partial charge in [-0.2, -0.15) is 0 Å². The van der Waals surface area contributed by atoms with Gasteiger partial charge in [-0.05, 0) is 18.9 Å². The second-order valence-corrected chi connectivity index (χ2v) is 5.28. The van der Waals surface area contributed by atoms with Crippen molar-refractivity contribution in [3.05, 3.63) is 0 Å². The number of likely N-dealkylation sites (tertiary alicyclic amines) is 1. The number of hydrogen-bond acceptors (Lipinski definition) is 2. The first-order chi connectivity index (χ1) is 6.12. The first-order valence-corrected chi connectivity index (χ1v) is 6.22. The molecule has 1 heterocycles. The highest BCUT2D eigenvalue weighted by Gasteiger charge is 2.35. The normalized spacial score (nSPS) is 26.2. The molecule has 94 valence electrons. The van der Waals surface area contributed by atoms with E-state index in [1.165, 1.54) is 26.1 Å². The molecule has 0 saturated carbocycles. The smallest absolute Gasteiger partial charge is 0.0113 e. The Morgan fingerprint density at radius 3 is 2.33 bits per heavy atom. The van der Waals surface area contributed by atoms with E-state index in [1.807, 2.05) is 0 Å². The Morgan fingerprint density at radius 1 is 1.40 bits per heavy atom. The molecule has 0 aliphatic carbocycles. The van der Waals surface area contributed by atoms with Crippen molar-refractivity contribution in [1.29, 1.82) is 0 Å². The lowest BCUT2D eigenvalue weighted by Gasteiger charge is -2.25. The summed E-state index contributed by atoms with van der Waals surface area (Å²) in [5, 5.41) is 1.05. The number of alkyl halides is 1. The van der Waals surface area contributed by atoms with Crippen molar-refractivity contribution in [3.8, 4) is 0 Å². The third kappa shape index (κ3) is 5.48. The van der Waals surface area contributed by atoms with Crippen molar-refractivity contribution in [3.63, 3.8) is 0 Å². The van der Waals surface area contributed by atoms with Crippen molar-refractivity contribution in [2.45, 2.75) is 20.3 Å². The summed E-state index contributed by atoms with van der Waals surface area (Å²) in [6.45, 7) is 8.97. The van der Waals surface area contributed by atoms with Gasteiger partial charge in [0.2, 0.25) is 0 Å². The molecule has 0 aromatic heterocycles. The lowest BCUT2D eigenvalue weighted by atomic mass is 9.90. The van der Waals surface area contributed by atoms with Gasteiger partial charge in [0, 0.05) is 30.4 Å². The molecule has 0 amide bonds. The van der Waals surface area contributed by atoms with Gasteiger partial charge in [0.15, 0.2) is 0 Å². The van der Waals surface area contributed by atoms with Crippen molar-refractivity contribution >= 4 is 49.9 Å². The summed E-state index contributed by atoms with van der Waals surface area (Å²) >= 11 is 3.58. The Balaban J connectivity index is 0. The first-order valence-electron chi connectivity index (χ1n) is 5.10. The van der Waals surface area contributed by atoms with Crippen molar-refractivity contribution < 1.29 is 0 Å². The van der Waals surface area contributed by atoms with E-state index in [0.717, 1.165) is 17.8 Å². The lowest BCUT2D eigenvalue weighted by molar-refractivity contribution is 0.260. The van der Waals surface area contributed by atoms with E-state index < -0.39 is 0 Å².